The molecule has 1 aromatic carbocycles. The Kier molecular flexibility index (Phi) is 8.11. The molecular formula is C23H35N5O. The van der Waals surface area contributed by atoms with Gasteiger partial charge in [-0.05, 0) is 31.2 Å². The molecule has 29 heavy (non-hydrogen) atoms. The van der Waals surface area contributed by atoms with Crippen LogP contribution in [0, 0.1) is 0 Å². The Labute approximate surface area is 174 Å². The van der Waals surface area contributed by atoms with E-state index in [1.165, 1.54) is 5.56 Å². The number of piperidine rings is 1. The first-order chi connectivity index (χ1) is 14.2. The quantitative estimate of drug-likeness (QED) is 0.522. The largest absolute Gasteiger partial charge is 0.359 e. The minimum absolute atomic E-state index is 0.447. The summed E-state index contributed by atoms with van der Waals surface area (Å²) >= 11 is 0. The van der Waals surface area contributed by atoms with E-state index in [1.807, 2.05) is 7.05 Å². The molecule has 0 atom stereocenters. The summed E-state index contributed by atoms with van der Waals surface area (Å²) in [6.45, 7) is 8.22. The van der Waals surface area contributed by atoms with Gasteiger partial charge >= 0.3 is 0 Å². The van der Waals surface area contributed by atoms with E-state index in [2.05, 4.69) is 75.9 Å². The minimum atomic E-state index is 0.447. The van der Waals surface area contributed by atoms with Crippen molar-refractivity contribution >= 4 is 5.96 Å². The highest BCUT2D eigenvalue weighted by Gasteiger charge is 2.20. The molecular weight excluding hydrogens is 362 g/mol. The van der Waals surface area contributed by atoms with Gasteiger partial charge in [0.25, 0.3) is 0 Å². The maximum Gasteiger partial charge on any atom is 0.191 e. The van der Waals surface area contributed by atoms with E-state index in [-0.39, 0.29) is 0 Å². The van der Waals surface area contributed by atoms with Crippen LogP contribution in [-0.4, -0.2) is 42.2 Å². The second kappa shape index (κ2) is 11.0. The molecule has 158 valence electrons. The summed E-state index contributed by atoms with van der Waals surface area (Å²) in [5.74, 6) is 2.16. The number of benzene rings is 1. The number of nitrogens with one attached hydrogen (secondary N) is 2. The number of aliphatic imine (C=N–C) groups is 1. The molecule has 0 saturated carbocycles. The van der Waals surface area contributed by atoms with Crippen molar-refractivity contribution in [2.45, 2.75) is 64.6 Å². The molecule has 6 nitrogen and oxygen atoms in total. The van der Waals surface area contributed by atoms with Crippen molar-refractivity contribution in [3.8, 4) is 0 Å². The molecule has 1 fully saturated rings. The second-order valence-corrected chi connectivity index (χ2v) is 7.84. The molecule has 0 spiro atoms. The smallest absolute Gasteiger partial charge is 0.191 e. The second-order valence-electron chi connectivity index (χ2n) is 7.84. The van der Waals surface area contributed by atoms with Gasteiger partial charge in [-0.15, -0.1) is 0 Å². The van der Waals surface area contributed by atoms with E-state index in [9.17, 15) is 0 Å². The van der Waals surface area contributed by atoms with E-state index in [0.29, 0.717) is 18.5 Å². The number of nitrogens with zero attached hydrogens (tertiary/aromatic N) is 3. The van der Waals surface area contributed by atoms with Crippen molar-refractivity contribution in [3.05, 3.63) is 53.4 Å². The molecule has 1 aliphatic heterocycles. The summed E-state index contributed by atoms with van der Waals surface area (Å²) in [4.78, 5) is 6.90. The normalized spacial score (nSPS) is 16.3. The van der Waals surface area contributed by atoms with Crippen LogP contribution in [0.1, 0.15) is 62.5 Å². The zero-order valence-corrected chi connectivity index (χ0v) is 18.0. The minimum Gasteiger partial charge on any atom is -0.359 e. The Bertz CT molecular complexity index is 746. The lowest BCUT2D eigenvalue weighted by molar-refractivity contribution is 0.198. The van der Waals surface area contributed by atoms with Gasteiger partial charge in [-0.3, -0.25) is 9.89 Å². The molecule has 2 aromatic rings. The predicted octanol–water partition coefficient (Wildman–Crippen LogP) is 3.91. The first-order valence-electron chi connectivity index (χ1n) is 10.9. The number of hydrogen-bond donors (Lipinski definition) is 2. The van der Waals surface area contributed by atoms with Gasteiger partial charge in [0.1, 0.15) is 0 Å². The van der Waals surface area contributed by atoms with Gasteiger partial charge < -0.3 is 15.2 Å². The van der Waals surface area contributed by atoms with Crippen LogP contribution in [0.25, 0.3) is 0 Å². The third kappa shape index (κ3) is 6.32. The maximum absolute atomic E-state index is 5.50. The zero-order chi connectivity index (χ0) is 20.5. The lowest BCUT2D eigenvalue weighted by Crippen LogP contribution is -2.48. The Morgan fingerprint density at radius 1 is 1.21 bits per heavy atom. The van der Waals surface area contributed by atoms with E-state index in [0.717, 1.165) is 62.7 Å². The molecule has 1 aromatic heterocycles. The van der Waals surface area contributed by atoms with Crippen molar-refractivity contribution in [1.82, 2.24) is 20.7 Å². The van der Waals surface area contributed by atoms with Crippen molar-refractivity contribution in [1.29, 1.82) is 0 Å². The third-order valence-corrected chi connectivity index (χ3v) is 5.81. The molecule has 3 rings (SSSR count). The van der Waals surface area contributed by atoms with E-state index >= 15 is 0 Å². The van der Waals surface area contributed by atoms with Gasteiger partial charge in [0.2, 0.25) is 0 Å². The number of guanidine groups is 1. The number of rotatable bonds is 8. The zero-order valence-electron chi connectivity index (χ0n) is 18.0. The van der Waals surface area contributed by atoms with Crippen LogP contribution in [0.3, 0.4) is 0 Å². The van der Waals surface area contributed by atoms with Gasteiger partial charge in [0, 0.05) is 44.7 Å². The monoisotopic (exact) mass is 397 g/mol. The van der Waals surface area contributed by atoms with Gasteiger partial charge in [-0.1, -0.05) is 49.3 Å². The van der Waals surface area contributed by atoms with E-state index in [4.69, 9.17) is 4.52 Å². The first-order valence-corrected chi connectivity index (χ1v) is 10.9. The third-order valence-electron chi connectivity index (χ3n) is 5.81. The maximum atomic E-state index is 5.50. The molecule has 0 aliphatic carbocycles. The molecule has 0 amide bonds. The molecule has 0 unspecified atom stereocenters. The van der Waals surface area contributed by atoms with Crippen molar-refractivity contribution in [3.63, 3.8) is 0 Å². The Morgan fingerprint density at radius 3 is 2.59 bits per heavy atom. The van der Waals surface area contributed by atoms with E-state index in [1.54, 1.807) is 0 Å². The molecule has 2 N–H and O–H groups in total. The van der Waals surface area contributed by atoms with Crippen molar-refractivity contribution in [2.24, 2.45) is 4.99 Å². The van der Waals surface area contributed by atoms with Gasteiger partial charge in [-0.25, -0.2) is 0 Å². The summed E-state index contributed by atoms with van der Waals surface area (Å²) in [5.41, 5.74) is 2.44. The molecule has 0 bridgehead atoms. The van der Waals surface area contributed by atoms with Crippen molar-refractivity contribution < 1.29 is 4.52 Å². The fraction of sp³-hybridized carbons (Fsp3) is 0.565. The molecule has 0 radical (unpaired) electrons. The van der Waals surface area contributed by atoms with Crippen LogP contribution in [0.4, 0.5) is 0 Å². The standard InChI is InChI=1S/C23H35N5O/c1-4-19(5-2)22-15-21(29-27-22)16-25-23(24-3)26-20-11-13-28(14-12-20)17-18-9-7-6-8-10-18/h6-10,15,19-20H,4-5,11-14,16-17H2,1-3H3,(H2,24,25,26). The number of likely N-dealkylation sites (tertiary alicyclic amines) is 1. The summed E-state index contributed by atoms with van der Waals surface area (Å²) in [6, 6.07) is 13.2. The number of aromatic nitrogens is 1. The topological polar surface area (TPSA) is 65.7 Å². The summed E-state index contributed by atoms with van der Waals surface area (Å²) < 4.78 is 5.50. The van der Waals surface area contributed by atoms with Crippen molar-refractivity contribution in [2.75, 3.05) is 20.1 Å². The molecule has 1 aliphatic rings. The van der Waals surface area contributed by atoms with Crippen LogP contribution in [0.5, 0.6) is 0 Å². The highest BCUT2D eigenvalue weighted by molar-refractivity contribution is 5.79. The summed E-state index contributed by atoms with van der Waals surface area (Å²) in [7, 11) is 1.82. The SMILES string of the molecule is CCC(CC)c1cc(CNC(=NC)NC2CCN(Cc3ccccc3)CC2)on1. The average molecular weight is 398 g/mol. The molecule has 2 heterocycles. The lowest BCUT2D eigenvalue weighted by Gasteiger charge is -2.33. The van der Waals surface area contributed by atoms with Gasteiger partial charge in [-0.2, -0.15) is 0 Å². The summed E-state index contributed by atoms with van der Waals surface area (Å²) in [5, 5.41) is 11.2. The highest BCUT2D eigenvalue weighted by atomic mass is 16.5. The average Bonchev–Trinajstić information content (AvgIpc) is 3.23. The fourth-order valence-electron chi connectivity index (χ4n) is 3.95. The Balaban J connectivity index is 1.42. The van der Waals surface area contributed by atoms with E-state index < -0.39 is 0 Å². The molecule has 1 saturated heterocycles. The van der Waals surface area contributed by atoms with Gasteiger partial charge in [0.05, 0.1) is 12.2 Å². The van der Waals surface area contributed by atoms with Crippen LogP contribution < -0.4 is 10.6 Å². The Morgan fingerprint density at radius 2 is 1.93 bits per heavy atom. The summed E-state index contributed by atoms with van der Waals surface area (Å²) in [6.07, 6.45) is 4.41. The van der Waals surface area contributed by atoms with Crippen LogP contribution >= 0.6 is 0 Å². The van der Waals surface area contributed by atoms with Crippen LogP contribution in [0.15, 0.2) is 45.9 Å². The van der Waals surface area contributed by atoms with Crippen LogP contribution in [-0.2, 0) is 13.1 Å². The first kappa shape index (κ1) is 21.4. The lowest BCUT2D eigenvalue weighted by atomic mass is 9.99. The van der Waals surface area contributed by atoms with Crippen LogP contribution in [0.2, 0.25) is 0 Å². The van der Waals surface area contributed by atoms with Gasteiger partial charge in [0.15, 0.2) is 11.7 Å². The Hall–Kier alpha value is -2.34. The highest BCUT2D eigenvalue weighted by Crippen LogP contribution is 2.22. The molecule has 6 heteroatoms. The fourth-order valence-corrected chi connectivity index (χ4v) is 3.95. The predicted molar refractivity (Wildman–Crippen MR) is 118 cm³/mol. The number of hydrogen-bond acceptors (Lipinski definition) is 4.